The Labute approximate surface area is 122 Å². The maximum Gasteiger partial charge on any atom is 0.261 e. The number of nitrogens with one attached hydrogen (secondary N) is 1. The Morgan fingerprint density at radius 2 is 2.20 bits per heavy atom. The maximum absolute atomic E-state index is 12.2. The van der Waals surface area contributed by atoms with Crippen molar-refractivity contribution in [2.24, 2.45) is 0 Å². The molecule has 1 heterocycles. The minimum absolute atomic E-state index is 0.0136. The lowest BCUT2D eigenvalue weighted by Crippen LogP contribution is -2.12. The fourth-order valence-corrected chi connectivity index (χ4v) is 2.57. The predicted octanol–water partition coefficient (Wildman–Crippen LogP) is 3.79. The van der Waals surface area contributed by atoms with E-state index in [2.05, 4.69) is 24.1 Å². The van der Waals surface area contributed by atoms with Gasteiger partial charge in [-0.05, 0) is 30.0 Å². The summed E-state index contributed by atoms with van der Waals surface area (Å²) in [7, 11) is 0. The Bertz CT molecular complexity index is 620. The lowest BCUT2D eigenvalue weighted by atomic mass is 10.1. The molecule has 2 aromatic rings. The summed E-state index contributed by atoms with van der Waals surface area (Å²) in [6.07, 6.45) is 2.59. The van der Waals surface area contributed by atoms with Crippen LogP contribution in [-0.2, 0) is 6.42 Å². The number of carbonyl (C=O) groups excluding carboxylic acids is 1. The fourth-order valence-electron chi connectivity index (χ4n) is 1.76. The zero-order valence-electron chi connectivity index (χ0n) is 11.8. The summed E-state index contributed by atoms with van der Waals surface area (Å²) >= 11 is 1.46. The van der Waals surface area contributed by atoms with Crippen LogP contribution in [0.5, 0.6) is 5.75 Å². The highest BCUT2D eigenvalue weighted by molar-refractivity contribution is 7.15. The number of phenolic OH excluding ortho intramolecular Hbond substituents is 1. The normalized spacial score (nSPS) is 10.8. The van der Waals surface area contributed by atoms with Gasteiger partial charge in [-0.3, -0.25) is 10.1 Å². The van der Waals surface area contributed by atoms with Crippen LogP contribution in [0.3, 0.4) is 0 Å². The fraction of sp³-hybridized carbons (Fsp3) is 0.333. The molecule has 4 nitrogen and oxygen atoms in total. The molecule has 0 unspecified atom stereocenters. The van der Waals surface area contributed by atoms with Crippen molar-refractivity contribution in [1.82, 2.24) is 4.98 Å². The highest BCUT2D eigenvalue weighted by Gasteiger charge is 2.14. The molecule has 0 radical (unpaired) electrons. The van der Waals surface area contributed by atoms with Crippen LogP contribution in [0.25, 0.3) is 0 Å². The summed E-state index contributed by atoms with van der Waals surface area (Å²) < 4.78 is 0. The molecule has 1 amide bonds. The third-order valence-corrected chi connectivity index (χ3v) is 4.24. The number of thiazole rings is 1. The average Bonchev–Trinajstić information content (AvgIpc) is 2.88. The largest absolute Gasteiger partial charge is 0.507 e. The highest BCUT2D eigenvalue weighted by atomic mass is 32.1. The first-order valence-corrected chi connectivity index (χ1v) is 7.42. The van der Waals surface area contributed by atoms with Gasteiger partial charge in [0.25, 0.3) is 5.91 Å². The summed E-state index contributed by atoms with van der Waals surface area (Å²) in [6.45, 7) is 6.16. The number of rotatable bonds is 4. The van der Waals surface area contributed by atoms with Crippen LogP contribution in [0.15, 0.2) is 24.4 Å². The van der Waals surface area contributed by atoms with Crippen LogP contribution in [-0.4, -0.2) is 16.0 Å². The van der Waals surface area contributed by atoms with E-state index in [0.29, 0.717) is 11.0 Å². The molecule has 106 valence electrons. The molecule has 0 aliphatic heterocycles. The molecule has 0 spiro atoms. The minimum atomic E-state index is -0.331. The van der Waals surface area contributed by atoms with Gasteiger partial charge in [0.2, 0.25) is 0 Å². The van der Waals surface area contributed by atoms with Gasteiger partial charge in [-0.2, -0.15) is 0 Å². The maximum atomic E-state index is 12.2. The second kappa shape index (κ2) is 6.05. The molecule has 0 aliphatic rings. The lowest BCUT2D eigenvalue weighted by Gasteiger charge is -2.06. The monoisotopic (exact) mass is 290 g/mol. The third kappa shape index (κ3) is 3.17. The van der Waals surface area contributed by atoms with Crippen LogP contribution >= 0.6 is 11.3 Å². The molecule has 0 fully saturated rings. The molecule has 0 saturated heterocycles. The van der Waals surface area contributed by atoms with Gasteiger partial charge >= 0.3 is 0 Å². The predicted molar refractivity (Wildman–Crippen MR) is 81.6 cm³/mol. The first-order valence-electron chi connectivity index (χ1n) is 6.60. The molecule has 0 saturated carbocycles. The summed E-state index contributed by atoms with van der Waals surface area (Å²) in [5.41, 5.74) is 1.29. The average molecular weight is 290 g/mol. The number of hydrogen-bond acceptors (Lipinski definition) is 4. The van der Waals surface area contributed by atoms with E-state index < -0.39 is 0 Å². The zero-order valence-corrected chi connectivity index (χ0v) is 12.6. The number of hydrogen-bond donors (Lipinski definition) is 2. The number of benzene rings is 1. The van der Waals surface area contributed by atoms with E-state index in [4.69, 9.17) is 0 Å². The van der Waals surface area contributed by atoms with Gasteiger partial charge in [-0.1, -0.05) is 26.8 Å². The molecule has 1 aromatic carbocycles. The van der Waals surface area contributed by atoms with Crippen molar-refractivity contribution in [3.05, 3.63) is 40.4 Å². The highest BCUT2D eigenvalue weighted by Crippen LogP contribution is 2.26. The number of aromatic hydroxyl groups is 1. The Kier molecular flexibility index (Phi) is 4.39. The van der Waals surface area contributed by atoms with E-state index >= 15 is 0 Å². The molecule has 2 N–H and O–H groups in total. The number of anilines is 1. The summed E-state index contributed by atoms with van der Waals surface area (Å²) in [5, 5.41) is 13.1. The van der Waals surface area contributed by atoms with Gasteiger partial charge in [-0.15, -0.1) is 11.3 Å². The number of nitrogens with zero attached hydrogens (tertiary/aromatic N) is 1. The zero-order chi connectivity index (χ0) is 14.7. The Hall–Kier alpha value is -1.88. The SMILES string of the molecule is CCc1ccc(O)c(C(=O)Nc2ncc(C(C)C)s2)c1. The van der Waals surface area contributed by atoms with Crippen LogP contribution in [0.2, 0.25) is 0 Å². The molecule has 0 bridgehead atoms. The quantitative estimate of drug-likeness (QED) is 0.900. The van der Waals surface area contributed by atoms with Crippen molar-refractivity contribution in [2.75, 3.05) is 5.32 Å². The second-order valence-corrected chi connectivity index (χ2v) is 5.94. The van der Waals surface area contributed by atoms with Crippen LogP contribution in [0, 0.1) is 0 Å². The van der Waals surface area contributed by atoms with E-state index in [1.165, 1.54) is 11.3 Å². The standard InChI is InChI=1S/C15H18N2O2S/c1-4-10-5-6-12(18)11(7-10)14(19)17-15-16-8-13(20-15)9(2)3/h5-9,18H,4H2,1-3H3,(H,16,17,19). The van der Waals surface area contributed by atoms with E-state index in [-0.39, 0.29) is 17.2 Å². The van der Waals surface area contributed by atoms with Crippen LogP contribution in [0.4, 0.5) is 5.13 Å². The molecule has 0 atom stereocenters. The van der Waals surface area contributed by atoms with Crippen molar-refractivity contribution in [3.63, 3.8) is 0 Å². The minimum Gasteiger partial charge on any atom is -0.507 e. The van der Waals surface area contributed by atoms with Gasteiger partial charge in [0.1, 0.15) is 5.75 Å². The van der Waals surface area contributed by atoms with Crippen molar-refractivity contribution in [2.45, 2.75) is 33.1 Å². The van der Waals surface area contributed by atoms with Gasteiger partial charge in [-0.25, -0.2) is 4.98 Å². The number of aromatic nitrogens is 1. The van der Waals surface area contributed by atoms with Gasteiger partial charge in [0, 0.05) is 11.1 Å². The molecule has 1 aromatic heterocycles. The van der Waals surface area contributed by atoms with Gasteiger partial charge in [0.05, 0.1) is 5.56 Å². The number of amides is 1. The van der Waals surface area contributed by atoms with Crippen molar-refractivity contribution in [3.8, 4) is 5.75 Å². The van der Waals surface area contributed by atoms with Crippen molar-refractivity contribution in [1.29, 1.82) is 0 Å². The molecular weight excluding hydrogens is 272 g/mol. The van der Waals surface area contributed by atoms with Crippen molar-refractivity contribution >= 4 is 22.4 Å². The Morgan fingerprint density at radius 3 is 2.80 bits per heavy atom. The van der Waals surface area contributed by atoms with Crippen molar-refractivity contribution < 1.29 is 9.90 Å². The van der Waals surface area contributed by atoms with E-state index in [1.54, 1.807) is 18.3 Å². The van der Waals surface area contributed by atoms with E-state index in [9.17, 15) is 9.90 Å². The molecule has 5 heteroatoms. The Balaban J connectivity index is 2.19. The van der Waals surface area contributed by atoms with Gasteiger partial charge in [0.15, 0.2) is 5.13 Å². The molecular formula is C15H18N2O2S. The number of carbonyl (C=O) groups is 1. The molecule has 2 rings (SSSR count). The molecule has 20 heavy (non-hydrogen) atoms. The number of phenols is 1. The summed E-state index contributed by atoms with van der Waals surface area (Å²) in [4.78, 5) is 17.5. The molecule has 0 aliphatic carbocycles. The first-order chi connectivity index (χ1) is 9.51. The number of aryl methyl sites for hydroxylation is 1. The second-order valence-electron chi connectivity index (χ2n) is 4.88. The smallest absolute Gasteiger partial charge is 0.261 e. The summed E-state index contributed by atoms with van der Waals surface area (Å²) in [6, 6.07) is 5.07. The van der Waals surface area contributed by atoms with Crippen LogP contribution in [0.1, 0.15) is 47.5 Å². The first kappa shape index (κ1) is 14.5. The van der Waals surface area contributed by atoms with Gasteiger partial charge < -0.3 is 5.11 Å². The Morgan fingerprint density at radius 1 is 1.45 bits per heavy atom. The van der Waals surface area contributed by atoms with Crippen LogP contribution < -0.4 is 5.32 Å². The summed E-state index contributed by atoms with van der Waals surface area (Å²) in [5.74, 6) is 0.0396. The topological polar surface area (TPSA) is 62.2 Å². The van der Waals surface area contributed by atoms with E-state index in [0.717, 1.165) is 16.9 Å². The third-order valence-electron chi connectivity index (χ3n) is 3.03. The van der Waals surface area contributed by atoms with E-state index in [1.807, 2.05) is 13.0 Å². The lowest BCUT2D eigenvalue weighted by molar-refractivity contribution is 0.102.